The lowest BCUT2D eigenvalue weighted by molar-refractivity contribution is 1.12. The second-order valence-corrected chi connectivity index (χ2v) is 4.12. The fourth-order valence-electron chi connectivity index (χ4n) is 2.10. The lowest BCUT2D eigenvalue weighted by Gasteiger charge is -2.07. The van der Waals surface area contributed by atoms with Crippen molar-refractivity contribution in [2.75, 3.05) is 0 Å². The summed E-state index contributed by atoms with van der Waals surface area (Å²) in [7, 11) is 0. The third-order valence-corrected chi connectivity index (χ3v) is 3.15. The van der Waals surface area contributed by atoms with E-state index in [0.29, 0.717) is 0 Å². The van der Waals surface area contributed by atoms with Gasteiger partial charge in [0, 0.05) is 10.8 Å². The third-order valence-electron chi connectivity index (χ3n) is 3.15. The van der Waals surface area contributed by atoms with Crippen molar-refractivity contribution in [2.24, 2.45) is 0 Å². The molecule has 1 heterocycles. The Labute approximate surface area is 93.9 Å². The van der Waals surface area contributed by atoms with Crippen molar-refractivity contribution in [1.29, 1.82) is 0 Å². The van der Waals surface area contributed by atoms with Crippen LogP contribution < -0.4 is 0 Å². The van der Waals surface area contributed by atoms with Crippen LogP contribution in [0.3, 0.4) is 0 Å². The number of rotatable bonds is 0. The minimum atomic E-state index is 0.962. The Morgan fingerprint density at radius 2 is 1.56 bits per heavy atom. The number of aromatic nitrogens is 2. The monoisotopic (exact) mass is 208 g/mol. The zero-order valence-corrected chi connectivity index (χ0v) is 9.36. The van der Waals surface area contributed by atoms with Crippen LogP contribution in [0.5, 0.6) is 0 Å². The Hall–Kier alpha value is -1.96. The summed E-state index contributed by atoms with van der Waals surface area (Å²) in [6.07, 6.45) is 0. The van der Waals surface area contributed by atoms with Gasteiger partial charge in [-0.05, 0) is 37.1 Å². The number of fused-ring (bicyclic) bond motifs is 3. The zero-order chi connectivity index (χ0) is 11.1. The number of hydrogen-bond acceptors (Lipinski definition) is 2. The summed E-state index contributed by atoms with van der Waals surface area (Å²) in [6, 6.07) is 12.3. The van der Waals surface area contributed by atoms with Crippen molar-refractivity contribution in [1.82, 2.24) is 10.2 Å². The molecule has 0 bridgehead atoms. The second-order valence-electron chi connectivity index (χ2n) is 4.12. The summed E-state index contributed by atoms with van der Waals surface area (Å²) in [6.45, 7) is 4.27. The summed E-state index contributed by atoms with van der Waals surface area (Å²) in [5.41, 5.74) is 4.53. The van der Waals surface area contributed by atoms with Gasteiger partial charge in [0.1, 0.15) is 0 Å². The minimum Gasteiger partial charge on any atom is -0.150 e. The van der Waals surface area contributed by atoms with Crippen LogP contribution in [0.4, 0.5) is 0 Å². The summed E-state index contributed by atoms with van der Waals surface area (Å²) in [4.78, 5) is 0. The molecule has 0 aliphatic rings. The molecule has 1 aromatic heterocycles. The smallest absolute Gasteiger partial charge is 0.0939 e. The first kappa shape index (κ1) is 9.28. The molecule has 0 fully saturated rings. The van der Waals surface area contributed by atoms with Crippen LogP contribution >= 0.6 is 0 Å². The number of aryl methyl sites for hydroxylation is 2. The van der Waals surface area contributed by atoms with Gasteiger partial charge < -0.3 is 0 Å². The van der Waals surface area contributed by atoms with Crippen molar-refractivity contribution >= 4 is 21.8 Å². The largest absolute Gasteiger partial charge is 0.150 e. The highest BCUT2D eigenvalue weighted by atomic mass is 15.1. The fraction of sp³-hybridized carbons (Fsp3) is 0.143. The molecular formula is C14H12N2. The van der Waals surface area contributed by atoms with E-state index >= 15 is 0 Å². The van der Waals surface area contributed by atoms with Gasteiger partial charge in [-0.15, -0.1) is 10.2 Å². The first-order chi connectivity index (χ1) is 7.77. The number of hydrogen-bond donors (Lipinski definition) is 0. The van der Waals surface area contributed by atoms with E-state index < -0.39 is 0 Å². The Bertz CT molecular complexity index is 687. The van der Waals surface area contributed by atoms with E-state index in [1.54, 1.807) is 0 Å². The average molecular weight is 208 g/mol. The Morgan fingerprint density at radius 3 is 2.44 bits per heavy atom. The summed E-state index contributed by atoms with van der Waals surface area (Å²) >= 11 is 0. The highest BCUT2D eigenvalue weighted by Gasteiger charge is 2.06. The topological polar surface area (TPSA) is 25.8 Å². The Kier molecular flexibility index (Phi) is 1.90. The standard InChI is InChI=1S/C14H12N2/c1-9-7-8-13-14(10(9)2)11-5-3-4-6-12(11)15-16-13/h3-8H,1-2H3. The van der Waals surface area contributed by atoms with E-state index in [0.717, 1.165) is 11.0 Å². The fourth-order valence-corrected chi connectivity index (χ4v) is 2.10. The summed E-state index contributed by atoms with van der Waals surface area (Å²) in [5, 5.41) is 10.9. The lowest BCUT2D eigenvalue weighted by Crippen LogP contribution is -1.91. The van der Waals surface area contributed by atoms with Crippen molar-refractivity contribution in [3.05, 3.63) is 47.5 Å². The van der Waals surface area contributed by atoms with Gasteiger partial charge >= 0.3 is 0 Å². The SMILES string of the molecule is Cc1ccc2nnc3ccccc3c2c1C. The van der Waals surface area contributed by atoms with Crippen molar-refractivity contribution in [3.8, 4) is 0 Å². The van der Waals surface area contributed by atoms with Gasteiger partial charge in [0.15, 0.2) is 0 Å². The van der Waals surface area contributed by atoms with Gasteiger partial charge in [0.05, 0.1) is 11.0 Å². The molecule has 0 radical (unpaired) electrons. The van der Waals surface area contributed by atoms with E-state index in [4.69, 9.17) is 0 Å². The van der Waals surface area contributed by atoms with E-state index in [1.165, 1.54) is 21.9 Å². The van der Waals surface area contributed by atoms with Gasteiger partial charge in [0.25, 0.3) is 0 Å². The van der Waals surface area contributed by atoms with Gasteiger partial charge in [-0.3, -0.25) is 0 Å². The predicted molar refractivity (Wildman–Crippen MR) is 66.5 cm³/mol. The highest BCUT2D eigenvalue weighted by molar-refractivity contribution is 6.05. The predicted octanol–water partition coefficient (Wildman–Crippen LogP) is 3.40. The van der Waals surface area contributed by atoms with E-state index in [-0.39, 0.29) is 0 Å². The minimum absolute atomic E-state index is 0.962. The maximum Gasteiger partial charge on any atom is 0.0939 e. The second kappa shape index (κ2) is 3.27. The molecule has 0 amide bonds. The first-order valence-electron chi connectivity index (χ1n) is 5.39. The van der Waals surface area contributed by atoms with Crippen molar-refractivity contribution < 1.29 is 0 Å². The molecule has 0 atom stereocenters. The van der Waals surface area contributed by atoms with Gasteiger partial charge in [-0.2, -0.15) is 0 Å². The molecule has 78 valence electrons. The van der Waals surface area contributed by atoms with Gasteiger partial charge in [0.2, 0.25) is 0 Å². The van der Waals surface area contributed by atoms with E-state index in [2.05, 4.69) is 36.2 Å². The number of benzene rings is 2. The molecule has 0 N–H and O–H groups in total. The molecule has 0 unspecified atom stereocenters. The Balaban J connectivity index is 2.63. The lowest BCUT2D eigenvalue weighted by atomic mass is 10.0. The molecule has 3 aromatic rings. The van der Waals surface area contributed by atoms with E-state index in [1.807, 2.05) is 24.3 Å². The maximum atomic E-state index is 4.26. The highest BCUT2D eigenvalue weighted by Crippen LogP contribution is 2.26. The van der Waals surface area contributed by atoms with Crippen LogP contribution in [0.25, 0.3) is 21.8 Å². The van der Waals surface area contributed by atoms with Gasteiger partial charge in [-0.25, -0.2) is 0 Å². The average Bonchev–Trinajstić information content (AvgIpc) is 2.33. The maximum absolute atomic E-state index is 4.26. The molecule has 0 saturated carbocycles. The molecular weight excluding hydrogens is 196 g/mol. The first-order valence-corrected chi connectivity index (χ1v) is 5.39. The third kappa shape index (κ3) is 1.20. The summed E-state index contributed by atoms with van der Waals surface area (Å²) in [5.74, 6) is 0. The molecule has 3 rings (SSSR count). The van der Waals surface area contributed by atoms with Crippen LogP contribution in [0.1, 0.15) is 11.1 Å². The van der Waals surface area contributed by atoms with E-state index in [9.17, 15) is 0 Å². The van der Waals surface area contributed by atoms with Gasteiger partial charge in [-0.1, -0.05) is 24.3 Å². The normalized spacial score (nSPS) is 11.1. The molecule has 2 nitrogen and oxygen atoms in total. The molecule has 0 aliphatic carbocycles. The molecule has 2 aromatic carbocycles. The zero-order valence-electron chi connectivity index (χ0n) is 9.36. The molecule has 2 heteroatoms. The Morgan fingerprint density at radius 1 is 0.812 bits per heavy atom. The summed E-state index contributed by atoms with van der Waals surface area (Å²) < 4.78 is 0. The quantitative estimate of drug-likeness (QED) is 0.529. The molecule has 0 spiro atoms. The molecule has 16 heavy (non-hydrogen) atoms. The van der Waals surface area contributed by atoms with Crippen molar-refractivity contribution in [2.45, 2.75) is 13.8 Å². The van der Waals surface area contributed by atoms with Crippen molar-refractivity contribution in [3.63, 3.8) is 0 Å². The molecule has 0 aliphatic heterocycles. The van der Waals surface area contributed by atoms with Crippen LogP contribution in [0, 0.1) is 13.8 Å². The van der Waals surface area contributed by atoms with Crippen LogP contribution in [0.15, 0.2) is 36.4 Å². The van der Waals surface area contributed by atoms with Crippen LogP contribution in [0.2, 0.25) is 0 Å². The van der Waals surface area contributed by atoms with Crippen LogP contribution in [-0.2, 0) is 0 Å². The number of nitrogens with zero attached hydrogens (tertiary/aromatic N) is 2. The van der Waals surface area contributed by atoms with Crippen LogP contribution in [-0.4, -0.2) is 10.2 Å². The molecule has 0 saturated heterocycles.